The summed E-state index contributed by atoms with van der Waals surface area (Å²) in [7, 11) is 0. The summed E-state index contributed by atoms with van der Waals surface area (Å²) >= 11 is 2.42. The van der Waals surface area contributed by atoms with E-state index in [1.165, 1.54) is 42.5 Å². The Hall–Kier alpha value is -0.830. The molecule has 0 aliphatic heterocycles. The summed E-state index contributed by atoms with van der Waals surface area (Å²) in [6, 6.07) is 9.17. The average Bonchev–Trinajstić information content (AvgIpc) is 2.31. The SMILES string of the molecule is Cc1cc(-c2cc(C)c(I)c(C)c2)cc(C)c1C. The van der Waals surface area contributed by atoms with Crippen molar-refractivity contribution in [1.29, 1.82) is 0 Å². The van der Waals surface area contributed by atoms with Crippen molar-refractivity contribution in [2.75, 3.05) is 0 Å². The lowest BCUT2D eigenvalue weighted by Crippen LogP contribution is -1.92. The molecule has 0 N–H and O–H groups in total. The fraction of sp³-hybridized carbons (Fsp3) is 0.294. The summed E-state index contributed by atoms with van der Waals surface area (Å²) < 4.78 is 1.37. The first-order valence-corrected chi connectivity index (χ1v) is 7.33. The molecule has 0 saturated carbocycles. The number of benzene rings is 2. The Labute approximate surface area is 124 Å². The molecule has 0 radical (unpaired) electrons. The highest BCUT2D eigenvalue weighted by Crippen LogP contribution is 2.28. The van der Waals surface area contributed by atoms with Crippen LogP contribution >= 0.6 is 22.6 Å². The van der Waals surface area contributed by atoms with Gasteiger partial charge in [0.15, 0.2) is 0 Å². The van der Waals surface area contributed by atoms with Gasteiger partial charge in [-0.2, -0.15) is 0 Å². The second-order valence-electron chi connectivity index (χ2n) is 5.16. The van der Waals surface area contributed by atoms with Gasteiger partial charge in [0.2, 0.25) is 0 Å². The first-order valence-electron chi connectivity index (χ1n) is 6.25. The fourth-order valence-corrected chi connectivity index (χ4v) is 2.63. The maximum Gasteiger partial charge on any atom is 0.0189 e. The van der Waals surface area contributed by atoms with E-state index in [4.69, 9.17) is 0 Å². The predicted octanol–water partition coefficient (Wildman–Crippen LogP) is 5.50. The zero-order valence-electron chi connectivity index (χ0n) is 11.7. The molecule has 2 rings (SSSR count). The molecule has 1 heteroatoms. The minimum Gasteiger partial charge on any atom is -0.0512 e. The van der Waals surface area contributed by atoms with Crippen molar-refractivity contribution in [3.05, 3.63) is 55.7 Å². The molecule has 0 nitrogen and oxygen atoms in total. The second-order valence-corrected chi connectivity index (χ2v) is 6.24. The van der Waals surface area contributed by atoms with Gasteiger partial charge in [0.25, 0.3) is 0 Å². The average molecular weight is 350 g/mol. The van der Waals surface area contributed by atoms with Gasteiger partial charge in [0, 0.05) is 3.57 Å². The van der Waals surface area contributed by atoms with Crippen molar-refractivity contribution in [3.63, 3.8) is 0 Å². The first-order chi connectivity index (χ1) is 8.40. The van der Waals surface area contributed by atoms with Gasteiger partial charge in [-0.1, -0.05) is 24.3 Å². The van der Waals surface area contributed by atoms with Crippen LogP contribution in [0.15, 0.2) is 24.3 Å². The van der Waals surface area contributed by atoms with Crippen molar-refractivity contribution in [1.82, 2.24) is 0 Å². The van der Waals surface area contributed by atoms with Crippen LogP contribution in [0.4, 0.5) is 0 Å². The summed E-state index contributed by atoms with van der Waals surface area (Å²) in [4.78, 5) is 0. The van der Waals surface area contributed by atoms with E-state index >= 15 is 0 Å². The van der Waals surface area contributed by atoms with Crippen molar-refractivity contribution in [3.8, 4) is 11.1 Å². The molecule has 0 atom stereocenters. The molecule has 18 heavy (non-hydrogen) atoms. The minimum absolute atomic E-state index is 1.33. The summed E-state index contributed by atoms with van der Waals surface area (Å²) in [6.07, 6.45) is 0. The van der Waals surface area contributed by atoms with Gasteiger partial charge in [0.05, 0.1) is 0 Å². The number of halogens is 1. The highest BCUT2D eigenvalue weighted by Gasteiger charge is 2.07. The van der Waals surface area contributed by atoms with Crippen LogP contribution in [0.2, 0.25) is 0 Å². The Morgan fingerprint density at radius 3 is 1.33 bits per heavy atom. The zero-order chi connectivity index (χ0) is 13.4. The van der Waals surface area contributed by atoms with Gasteiger partial charge >= 0.3 is 0 Å². The molecule has 2 aromatic rings. The van der Waals surface area contributed by atoms with Crippen LogP contribution in [-0.2, 0) is 0 Å². The third-order valence-electron chi connectivity index (χ3n) is 3.70. The molecule has 0 aliphatic rings. The number of rotatable bonds is 1. The molecule has 0 amide bonds. The normalized spacial score (nSPS) is 10.8. The van der Waals surface area contributed by atoms with E-state index in [0.29, 0.717) is 0 Å². The number of hydrogen-bond donors (Lipinski definition) is 0. The Bertz CT molecular complexity index is 507. The molecule has 0 heterocycles. The molecular weight excluding hydrogens is 331 g/mol. The van der Waals surface area contributed by atoms with E-state index in [0.717, 1.165) is 0 Å². The largest absolute Gasteiger partial charge is 0.0512 e. The van der Waals surface area contributed by atoms with Gasteiger partial charge in [-0.3, -0.25) is 0 Å². The molecule has 0 aliphatic carbocycles. The van der Waals surface area contributed by atoms with E-state index < -0.39 is 0 Å². The summed E-state index contributed by atoms with van der Waals surface area (Å²) in [6.45, 7) is 11.0. The van der Waals surface area contributed by atoms with Gasteiger partial charge in [-0.05, 0) is 96.2 Å². The van der Waals surface area contributed by atoms with E-state index in [9.17, 15) is 0 Å². The van der Waals surface area contributed by atoms with Gasteiger partial charge < -0.3 is 0 Å². The fourth-order valence-electron chi connectivity index (χ4n) is 2.31. The van der Waals surface area contributed by atoms with Crippen molar-refractivity contribution >= 4 is 22.6 Å². The van der Waals surface area contributed by atoms with E-state index in [1.807, 2.05) is 0 Å². The van der Waals surface area contributed by atoms with Crippen molar-refractivity contribution in [2.45, 2.75) is 34.6 Å². The Morgan fingerprint density at radius 1 is 0.611 bits per heavy atom. The molecule has 0 fully saturated rings. The van der Waals surface area contributed by atoms with E-state index in [1.54, 1.807) is 0 Å². The number of hydrogen-bond acceptors (Lipinski definition) is 0. The molecule has 0 saturated heterocycles. The summed E-state index contributed by atoms with van der Waals surface area (Å²) in [5.74, 6) is 0. The molecule has 0 unspecified atom stereocenters. The van der Waals surface area contributed by atoms with Crippen LogP contribution in [0.5, 0.6) is 0 Å². The third-order valence-corrected chi connectivity index (χ3v) is 5.40. The molecule has 0 spiro atoms. The second kappa shape index (κ2) is 5.04. The van der Waals surface area contributed by atoms with Crippen molar-refractivity contribution < 1.29 is 0 Å². The van der Waals surface area contributed by atoms with Crippen LogP contribution in [0.1, 0.15) is 27.8 Å². The molecular formula is C17H19I. The van der Waals surface area contributed by atoms with E-state index in [-0.39, 0.29) is 0 Å². The lowest BCUT2D eigenvalue weighted by molar-refractivity contribution is 1.26. The molecule has 94 valence electrons. The first kappa shape index (κ1) is 13.6. The lowest BCUT2D eigenvalue weighted by atomic mass is 9.95. The Morgan fingerprint density at radius 2 is 0.944 bits per heavy atom. The highest BCUT2D eigenvalue weighted by molar-refractivity contribution is 14.1. The monoisotopic (exact) mass is 350 g/mol. The minimum atomic E-state index is 1.33. The standard InChI is InChI=1S/C17H19I/c1-10-6-15(7-11(2)14(10)5)16-8-12(3)17(18)13(4)9-16/h6-9H,1-5H3. The molecule has 0 aromatic heterocycles. The highest BCUT2D eigenvalue weighted by atomic mass is 127. The van der Waals surface area contributed by atoms with Crippen LogP contribution in [-0.4, -0.2) is 0 Å². The van der Waals surface area contributed by atoms with Crippen LogP contribution in [0, 0.1) is 38.2 Å². The smallest absolute Gasteiger partial charge is 0.0189 e. The lowest BCUT2D eigenvalue weighted by Gasteiger charge is -2.12. The van der Waals surface area contributed by atoms with Crippen LogP contribution in [0.25, 0.3) is 11.1 Å². The zero-order valence-corrected chi connectivity index (χ0v) is 13.8. The maximum atomic E-state index is 2.42. The topological polar surface area (TPSA) is 0 Å². The van der Waals surface area contributed by atoms with Crippen LogP contribution in [0.3, 0.4) is 0 Å². The summed E-state index contributed by atoms with van der Waals surface area (Å²) in [5.41, 5.74) is 9.54. The van der Waals surface area contributed by atoms with E-state index in [2.05, 4.69) is 81.5 Å². The molecule has 0 bridgehead atoms. The van der Waals surface area contributed by atoms with Crippen LogP contribution < -0.4 is 0 Å². The Balaban J connectivity index is 2.63. The molecule has 2 aromatic carbocycles. The predicted molar refractivity (Wildman–Crippen MR) is 88.3 cm³/mol. The Kier molecular flexibility index (Phi) is 3.81. The van der Waals surface area contributed by atoms with Gasteiger partial charge in [-0.15, -0.1) is 0 Å². The maximum absolute atomic E-state index is 2.42. The van der Waals surface area contributed by atoms with Crippen molar-refractivity contribution in [2.24, 2.45) is 0 Å². The van der Waals surface area contributed by atoms with Gasteiger partial charge in [0.1, 0.15) is 0 Å². The quantitative estimate of drug-likeness (QED) is 0.596. The number of aryl methyl sites for hydroxylation is 4. The van der Waals surface area contributed by atoms with Gasteiger partial charge in [-0.25, -0.2) is 0 Å². The third kappa shape index (κ3) is 2.46. The summed E-state index contributed by atoms with van der Waals surface area (Å²) in [5, 5.41) is 0.